The lowest BCUT2D eigenvalue weighted by atomic mass is 9.70. The van der Waals surface area contributed by atoms with Crippen LogP contribution in [-0.4, -0.2) is 74.8 Å². The Bertz CT molecular complexity index is 1620. The molecule has 7 nitrogen and oxygen atoms in total. The van der Waals surface area contributed by atoms with Crippen LogP contribution in [0.3, 0.4) is 0 Å². The number of halogens is 1. The summed E-state index contributed by atoms with van der Waals surface area (Å²) in [6.07, 6.45) is 5.09. The second kappa shape index (κ2) is 13.1. The summed E-state index contributed by atoms with van der Waals surface area (Å²) in [7, 11) is 0. The average Bonchev–Trinajstić information content (AvgIpc) is 3.65. The van der Waals surface area contributed by atoms with Crippen molar-refractivity contribution in [3.05, 3.63) is 98.1 Å². The fourth-order valence-electron chi connectivity index (χ4n) is 7.51. The number of para-hydroxylation sites is 1. The Hall–Kier alpha value is -3.40. The van der Waals surface area contributed by atoms with E-state index in [1.54, 1.807) is 38.6 Å². The first kappa shape index (κ1) is 31.6. The van der Waals surface area contributed by atoms with E-state index < -0.39 is 22.6 Å². The van der Waals surface area contributed by atoms with E-state index in [1.807, 2.05) is 72.8 Å². The zero-order valence-electron chi connectivity index (χ0n) is 25.1. The van der Waals surface area contributed by atoms with Crippen molar-refractivity contribution < 1.29 is 19.5 Å². The number of hydrogen-bond donors (Lipinski definition) is 1. The van der Waals surface area contributed by atoms with Crippen molar-refractivity contribution in [2.24, 2.45) is 11.8 Å². The Morgan fingerprint density at radius 1 is 0.933 bits per heavy atom. The van der Waals surface area contributed by atoms with Crippen LogP contribution in [0.4, 0.5) is 11.4 Å². The summed E-state index contributed by atoms with van der Waals surface area (Å²) in [5, 5.41) is 11.5. The zero-order valence-corrected chi connectivity index (χ0v) is 27.5. The third-order valence-corrected chi connectivity index (χ3v) is 12.6. The Morgan fingerprint density at radius 2 is 1.60 bits per heavy atom. The Balaban J connectivity index is 1.42. The molecular formula is C36H38BrN3O4S. The molecule has 3 heterocycles. The largest absolute Gasteiger partial charge is 0.396 e. The molecule has 6 atom stereocenters. The van der Waals surface area contributed by atoms with E-state index in [-0.39, 0.29) is 41.0 Å². The van der Waals surface area contributed by atoms with Crippen LogP contribution in [0.2, 0.25) is 0 Å². The normalized spacial score (nSPS) is 26.6. The summed E-state index contributed by atoms with van der Waals surface area (Å²) in [6, 6.07) is 22.7. The number of alkyl halides is 1. The van der Waals surface area contributed by atoms with Gasteiger partial charge in [-0.3, -0.25) is 14.4 Å². The van der Waals surface area contributed by atoms with Crippen LogP contribution in [0.25, 0.3) is 10.8 Å². The van der Waals surface area contributed by atoms with Gasteiger partial charge in [0.15, 0.2) is 0 Å². The maximum absolute atomic E-state index is 14.9. The van der Waals surface area contributed by atoms with Crippen LogP contribution >= 0.6 is 27.7 Å². The molecule has 0 radical (unpaired) electrons. The SMILES string of the molecule is C=CCN(C(=O)C1N(CCCCO)C(=O)[C@@H]2[C@H](C(=O)N(CC=C)c3ccccc3)[C@H]3SC12CC3Br)c1ccc2ccccc2c1. The van der Waals surface area contributed by atoms with Crippen LogP contribution in [-0.2, 0) is 14.4 Å². The van der Waals surface area contributed by atoms with E-state index >= 15 is 0 Å². The number of aliphatic hydroxyl groups excluding tert-OH is 1. The number of hydrogen-bond acceptors (Lipinski definition) is 5. The van der Waals surface area contributed by atoms with E-state index in [2.05, 4.69) is 29.1 Å². The van der Waals surface area contributed by atoms with E-state index in [1.165, 1.54) is 0 Å². The summed E-state index contributed by atoms with van der Waals surface area (Å²) in [5.74, 6) is -1.69. The highest BCUT2D eigenvalue weighted by molar-refractivity contribution is 9.09. The molecule has 3 aliphatic heterocycles. The average molecular weight is 689 g/mol. The quantitative estimate of drug-likeness (QED) is 0.148. The van der Waals surface area contributed by atoms with Gasteiger partial charge in [-0.05, 0) is 54.3 Å². The Kier molecular flexibility index (Phi) is 9.22. The number of amides is 3. The van der Waals surface area contributed by atoms with Gasteiger partial charge in [0.1, 0.15) is 6.04 Å². The lowest BCUT2D eigenvalue weighted by molar-refractivity contribution is -0.139. The maximum atomic E-state index is 14.9. The van der Waals surface area contributed by atoms with Crippen LogP contribution in [0.5, 0.6) is 0 Å². The highest BCUT2D eigenvalue weighted by atomic mass is 79.9. The first-order valence-corrected chi connectivity index (χ1v) is 17.3. The third-order valence-electron chi connectivity index (χ3n) is 9.38. The van der Waals surface area contributed by atoms with E-state index in [4.69, 9.17) is 0 Å². The highest BCUT2D eigenvalue weighted by Gasteiger charge is 2.76. The zero-order chi connectivity index (χ0) is 31.7. The van der Waals surface area contributed by atoms with Crippen LogP contribution in [0.1, 0.15) is 19.3 Å². The molecule has 0 aliphatic carbocycles. The number of benzene rings is 3. The summed E-state index contributed by atoms with van der Waals surface area (Å²) in [4.78, 5) is 49.1. The Morgan fingerprint density at radius 3 is 2.29 bits per heavy atom. The summed E-state index contributed by atoms with van der Waals surface area (Å²) >= 11 is 5.52. The molecule has 1 spiro atoms. The van der Waals surface area contributed by atoms with Crippen molar-refractivity contribution in [1.82, 2.24) is 4.90 Å². The first-order valence-electron chi connectivity index (χ1n) is 15.5. The predicted molar refractivity (Wildman–Crippen MR) is 186 cm³/mol. The maximum Gasteiger partial charge on any atom is 0.251 e. The van der Waals surface area contributed by atoms with Crippen molar-refractivity contribution in [3.8, 4) is 0 Å². The molecule has 9 heteroatoms. The van der Waals surface area contributed by atoms with Gasteiger partial charge < -0.3 is 19.8 Å². The molecule has 3 fully saturated rings. The van der Waals surface area contributed by atoms with E-state index in [0.29, 0.717) is 32.4 Å². The molecule has 0 aromatic heterocycles. The molecular weight excluding hydrogens is 650 g/mol. The second-order valence-electron chi connectivity index (χ2n) is 12.0. The van der Waals surface area contributed by atoms with E-state index in [9.17, 15) is 19.5 Å². The number of nitrogens with zero attached hydrogens (tertiary/aromatic N) is 3. The van der Waals surface area contributed by atoms with Gasteiger partial charge in [0.05, 0.1) is 16.6 Å². The lowest BCUT2D eigenvalue weighted by Gasteiger charge is -2.38. The number of rotatable bonds is 12. The minimum absolute atomic E-state index is 0.00386. The summed E-state index contributed by atoms with van der Waals surface area (Å²) in [5.41, 5.74) is 1.49. The molecule has 45 heavy (non-hydrogen) atoms. The van der Waals surface area contributed by atoms with Crippen LogP contribution in [0, 0.1) is 11.8 Å². The van der Waals surface area contributed by atoms with Crippen molar-refractivity contribution in [2.75, 3.05) is 36.0 Å². The molecule has 1 N–H and O–H groups in total. The first-order chi connectivity index (χ1) is 21.9. The molecule has 3 aromatic rings. The van der Waals surface area contributed by atoms with Crippen molar-refractivity contribution in [1.29, 1.82) is 0 Å². The van der Waals surface area contributed by atoms with Gasteiger partial charge in [-0.2, -0.15) is 0 Å². The number of unbranched alkanes of at least 4 members (excludes halogenated alkanes) is 1. The number of thioether (sulfide) groups is 1. The van der Waals surface area contributed by atoms with Gasteiger partial charge in [0.25, 0.3) is 5.91 Å². The second-order valence-corrected chi connectivity index (χ2v) is 14.7. The molecule has 234 valence electrons. The molecule has 3 amide bonds. The van der Waals surface area contributed by atoms with Gasteiger partial charge in [0, 0.05) is 47.7 Å². The standard InChI is InChI=1S/C36H38BrN3O4S/c1-3-18-38(26-14-6-5-7-15-26)33(42)29-30-34(43)40(20-10-11-21-41)32(36(30)23-28(37)31(29)45-36)35(44)39(19-4-2)27-17-16-24-12-8-9-13-25(24)22-27/h3-9,12-17,22,28-32,41H,1-2,10-11,18-21,23H2/t28?,29-,30-,31-,32?,36?/m0/s1. The number of aliphatic hydroxyl groups is 1. The molecule has 2 bridgehead atoms. The molecule has 3 aromatic carbocycles. The molecule has 0 saturated carbocycles. The topological polar surface area (TPSA) is 81.2 Å². The smallest absolute Gasteiger partial charge is 0.251 e. The lowest BCUT2D eigenvalue weighted by Crippen LogP contribution is -2.56. The Labute approximate surface area is 277 Å². The number of carbonyl (C=O) groups is 3. The van der Waals surface area contributed by atoms with Gasteiger partial charge in [0.2, 0.25) is 11.8 Å². The van der Waals surface area contributed by atoms with Gasteiger partial charge in [-0.25, -0.2) is 0 Å². The molecule has 3 saturated heterocycles. The number of carbonyl (C=O) groups excluding carboxylic acids is 3. The third kappa shape index (κ3) is 5.42. The monoisotopic (exact) mass is 687 g/mol. The van der Waals surface area contributed by atoms with Gasteiger partial charge in [-0.15, -0.1) is 24.9 Å². The van der Waals surface area contributed by atoms with Crippen molar-refractivity contribution >= 4 is 67.6 Å². The summed E-state index contributed by atoms with van der Waals surface area (Å²) < 4.78 is -0.778. The van der Waals surface area contributed by atoms with Crippen LogP contribution < -0.4 is 9.80 Å². The minimum atomic E-state index is -0.778. The molecule has 3 unspecified atom stereocenters. The number of fused-ring (bicyclic) bond motifs is 2. The van der Waals surface area contributed by atoms with Crippen molar-refractivity contribution in [3.63, 3.8) is 0 Å². The van der Waals surface area contributed by atoms with Gasteiger partial charge in [-0.1, -0.05) is 76.6 Å². The minimum Gasteiger partial charge on any atom is -0.396 e. The molecule has 3 aliphatic rings. The molecule has 6 rings (SSSR count). The van der Waals surface area contributed by atoms with Gasteiger partial charge >= 0.3 is 0 Å². The van der Waals surface area contributed by atoms with Crippen LogP contribution in [0.15, 0.2) is 98.1 Å². The number of likely N-dealkylation sites (tertiary alicyclic amines) is 1. The fraction of sp³-hybridized carbons (Fsp3) is 0.361. The van der Waals surface area contributed by atoms with Crippen molar-refractivity contribution in [2.45, 2.75) is 40.1 Å². The highest BCUT2D eigenvalue weighted by Crippen LogP contribution is 2.68. The summed E-state index contributed by atoms with van der Waals surface area (Å²) in [6.45, 7) is 8.77. The van der Waals surface area contributed by atoms with E-state index in [0.717, 1.165) is 22.1 Å². The fourth-order valence-corrected chi connectivity index (χ4v) is 11.1. The predicted octanol–water partition coefficient (Wildman–Crippen LogP) is 5.82. The number of anilines is 2.